The minimum absolute atomic E-state index is 0.0177. The van der Waals surface area contributed by atoms with E-state index in [1.54, 1.807) is 25.7 Å². The smallest absolute Gasteiger partial charge is 0.254 e. The molecule has 3 heterocycles. The van der Waals surface area contributed by atoms with E-state index in [0.717, 1.165) is 17.2 Å². The molecule has 0 unspecified atom stereocenters. The lowest BCUT2D eigenvalue weighted by Gasteiger charge is -2.35. The van der Waals surface area contributed by atoms with Gasteiger partial charge < -0.3 is 19.9 Å². The third kappa shape index (κ3) is 4.48. The van der Waals surface area contributed by atoms with E-state index < -0.39 is 0 Å². The first-order chi connectivity index (χ1) is 14.6. The second kappa shape index (κ2) is 8.77. The molecule has 4 rings (SSSR count). The summed E-state index contributed by atoms with van der Waals surface area (Å²) in [6, 6.07) is 13.1. The number of aromatic nitrogens is 3. The summed E-state index contributed by atoms with van der Waals surface area (Å²) in [7, 11) is 1.60. The fourth-order valence-corrected chi connectivity index (χ4v) is 3.40. The normalized spacial score (nSPS) is 13.8. The highest BCUT2D eigenvalue weighted by Crippen LogP contribution is 2.20. The summed E-state index contributed by atoms with van der Waals surface area (Å²) in [5.41, 5.74) is 1.76. The van der Waals surface area contributed by atoms with E-state index >= 15 is 0 Å². The lowest BCUT2D eigenvalue weighted by Crippen LogP contribution is -2.49. The molecule has 1 N–H and O–H groups in total. The zero-order chi connectivity index (χ0) is 20.9. The minimum Gasteiger partial charge on any atom is -0.497 e. The maximum absolute atomic E-state index is 12.8. The number of piperazine rings is 1. The van der Waals surface area contributed by atoms with Crippen molar-refractivity contribution in [3.8, 4) is 5.75 Å². The number of ether oxygens (including phenoxy) is 1. The summed E-state index contributed by atoms with van der Waals surface area (Å²) < 4.78 is 5.22. The number of anilines is 3. The third-order valence-corrected chi connectivity index (χ3v) is 5.03. The molecule has 154 valence electrons. The molecule has 0 bridgehead atoms. The van der Waals surface area contributed by atoms with Gasteiger partial charge in [0.1, 0.15) is 29.5 Å². The van der Waals surface area contributed by atoms with Gasteiger partial charge in [0.2, 0.25) is 0 Å². The van der Waals surface area contributed by atoms with Crippen molar-refractivity contribution in [3.05, 3.63) is 66.1 Å². The molecule has 0 aliphatic carbocycles. The molecule has 1 saturated heterocycles. The average Bonchev–Trinajstić information content (AvgIpc) is 2.79. The van der Waals surface area contributed by atoms with Crippen LogP contribution in [0.25, 0.3) is 0 Å². The van der Waals surface area contributed by atoms with Crippen molar-refractivity contribution in [2.45, 2.75) is 6.92 Å². The number of methoxy groups -OCH3 is 1. The second-order valence-electron chi connectivity index (χ2n) is 7.12. The second-order valence-corrected chi connectivity index (χ2v) is 7.12. The predicted molar refractivity (Wildman–Crippen MR) is 115 cm³/mol. The van der Waals surface area contributed by atoms with E-state index in [1.807, 2.05) is 48.2 Å². The fourth-order valence-electron chi connectivity index (χ4n) is 3.40. The fraction of sp³-hybridized carbons (Fsp3) is 0.273. The minimum atomic E-state index is 0.0177. The van der Waals surface area contributed by atoms with Crippen LogP contribution in [0.5, 0.6) is 5.75 Å². The van der Waals surface area contributed by atoms with Crippen molar-refractivity contribution in [2.24, 2.45) is 0 Å². The molecule has 8 heteroatoms. The summed E-state index contributed by atoms with van der Waals surface area (Å²) in [5, 5.41) is 3.22. The molecule has 2 aromatic heterocycles. The highest BCUT2D eigenvalue weighted by Gasteiger charge is 2.23. The Kier molecular flexibility index (Phi) is 5.74. The molecule has 1 amide bonds. The van der Waals surface area contributed by atoms with Crippen molar-refractivity contribution in [2.75, 3.05) is 43.5 Å². The van der Waals surface area contributed by atoms with Crippen molar-refractivity contribution in [1.29, 1.82) is 0 Å². The lowest BCUT2D eigenvalue weighted by atomic mass is 10.1. The monoisotopic (exact) mass is 404 g/mol. The molecule has 30 heavy (non-hydrogen) atoms. The summed E-state index contributed by atoms with van der Waals surface area (Å²) in [6.45, 7) is 4.68. The molecule has 0 radical (unpaired) electrons. The van der Waals surface area contributed by atoms with Crippen LogP contribution in [0.2, 0.25) is 0 Å². The van der Waals surface area contributed by atoms with Gasteiger partial charge in [-0.2, -0.15) is 0 Å². The number of hydrogen-bond acceptors (Lipinski definition) is 7. The van der Waals surface area contributed by atoms with Gasteiger partial charge in [-0.3, -0.25) is 4.79 Å². The molecule has 1 aliphatic rings. The zero-order valence-electron chi connectivity index (χ0n) is 17.1. The Balaban J connectivity index is 1.39. The van der Waals surface area contributed by atoms with Crippen molar-refractivity contribution < 1.29 is 9.53 Å². The SMILES string of the molecule is COc1cccc(C(=O)N2CCN(c3cc(Nc4cc(C)ccn4)ncn3)CC2)c1. The van der Waals surface area contributed by atoms with Gasteiger partial charge in [0.15, 0.2) is 0 Å². The molecular formula is C22H24N6O2. The molecule has 1 aliphatic heterocycles. The van der Waals surface area contributed by atoms with Gasteiger partial charge in [-0.05, 0) is 42.8 Å². The Morgan fingerprint density at radius 1 is 1.00 bits per heavy atom. The number of benzene rings is 1. The predicted octanol–water partition coefficient (Wildman–Crippen LogP) is 2.89. The largest absolute Gasteiger partial charge is 0.497 e. The number of nitrogens with one attached hydrogen (secondary N) is 1. The topological polar surface area (TPSA) is 83.5 Å². The highest BCUT2D eigenvalue weighted by molar-refractivity contribution is 5.94. The van der Waals surface area contributed by atoms with Gasteiger partial charge in [0, 0.05) is 44.0 Å². The van der Waals surface area contributed by atoms with Gasteiger partial charge in [-0.1, -0.05) is 6.07 Å². The first-order valence-electron chi connectivity index (χ1n) is 9.82. The summed E-state index contributed by atoms with van der Waals surface area (Å²) in [6.07, 6.45) is 3.31. The van der Waals surface area contributed by atoms with Gasteiger partial charge in [0.05, 0.1) is 7.11 Å². The Hall–Kier alpha value is -3.68. The number of rotatable bonds is 5. The maximum atomic E-state index is 12.8. The molecular weight excluding hydrogens is 380 g/mol. The maximum Gasteiger partial charge on any atom is 0.254 e. The zero-order valence-corrected chi connectivity index (χ0v) is 17.1. The van der Waals surface area contributed by atoms with Crippen LogP contribution in [0.4, 0.5) is 17.5 Å². The van der Waals surface area contributed by atoms with Crippen molar-refractivity contribution >= 4 is 23.4 Å². The number of amides is 1. The third-order valence-electron chi connectivity index (χ3n) is 5.03. The van der Waals surface area contributed by atoms with Crippen LogP contribution in [0.1, 0.15) is 15.9 Å². The molecule has 0 spiro atoms. The van der Waals surface area contributed by atoms with Crippen LogP contribution in [0.3, 0.4) is 0 Å². The van der Waals surface area contributed by atoms with Crippen molar-refractivity contribution in [3.63, 3.8) is 0 Å². The highest BCUT2D eigenvalue weighted by atomic mass is 16.5. The molecule has 0 saturated carbocycles. The number of carbonyl (C=O) groups is 1. The first kappa shape index (κ1) is 19.6. The molecule has 0 atom stereocenters. The Labute approximate surface area is 175 Å². The lowest BCUT2D eigenvalue weighted by molar-refractivity contribution is 0.0746. The van der Waals surface area contributed by atoms with E-state index in [9.17, 15) is 4.79 Å². The van der Waals surface area contributed by atoms with Crippen molar-refractivity contribution in [1.82, 2.24) is 19.9 Å². The van der Waals surface area contributed by atoms with Gasteiger partial charge in [-0.15, -0.1) is 0 Å². The Morgan fingerprint density at radius 3 is 2.57 bits per heavy atom. The number of pyridine rings is 1. The number of aryl methyl sites for hydroxylation is 1. The standard InChI is InChI=1S/C22H24N6O2/c1-16-6-7-23-19(12-16)26-20-14-21(25-15-24-20)27-8-10-28(11-9-27)22(29)17-4-3-5-18(13-17)30-2/h3-7,12-15H,8-11H2,1-2H3,(H,23,24,25,26). The van der Waals surface area contributed by atoms with Crippen LogP contribution in [0, 0.1) is 6.92 Å². The van der Waals surface area contributed by atoms with Gasteiger partial charge in [0.25, 0.3) is 5.91 Å². The summed E-state index contributed by atoms with van der Waals surface area (Å²) in [4.78, 5) is 29.8. The van der Waals surface area contributed by atoms with Crippen LogP contribution >= 0.6 is 0 Å². The quantitative estimate of drug-likeness (QED) is 0.700. The summed E-state index contributed by atoms with van der Waals surface area (Å²) in [5.74, 6) is 2.96. The van der Waals surface area contributed by atoms with Crippen LogP contribution in [0.15, 0.2) is 55.0 Å². The van der Waals surface area contributed by atoms with Crippen LogP contribution in [-0.4, -0.2) is 59.0 Å². The van der Waals surface area contributed by atoms with E-state index in [-0.39, 0.29) is 5.91 Å². The van der Waals surface area contributed by atoms with Crippen LogP contribution in [-0.2, 0) is 0 Å². The van der Waals surface area contributed by atoms with E-state index in [0.29, 0.717) is 43.3 Å². The van der Waals surface area contributed by atoms with Crippen LogP contribution < -0.4 is 15.0 Å². The molecule has 1 aromatic carbocycles. The first-order valence-corrected chi connectivity index (χ1v) is 9.82. The Bertz CT molecular complexity index is 1030. The molecule has 1 fully saturated rings. The molecule has 3 aromatic rings. The number of nitrogens with zero attached hydrogens (tertiary/aromatic N) is 5. The molecule has 8 nitrogen and oxygen atoms in total. The number of hydrogen-bond donors (Lipinski definition) is 1. The number of carbonyl (C=O) groups excluding carboxylic acids is 1. The van der Waals surface area contributed by atoms with Gasteiger partial charge >= 0.3 is 0 Å². The van der Waals surface area contributed by atoms with E-state index in [2.05, 4.69) is 25.2 Å². The van der Waals surface area contributed by atoms with E-state index in [1.165, 1.54) is 0 Å². The Morgan fingerprint density at radius 2 is 1.80 bits per heavy atom. The average molecular weight is 404 g/mol. The van der Waals surface area contributed by atoms with Gasteiger partial charge in [-0.25, -0.2) is 15.0 Å². The summed E-state index contributed by atoms with van der Waals surface area (Å²) >= 11 is 0. The van der Waals surface area contributed by atoms with E-state index in [4.69, 9.17) is 4.74 Å².